The van der Waals surface area contributed by atoms with Gasteiger partial charge in [0.25, 0.3) is 0 Å². The lowest BCUT2D eigenvalue weighted by atomic mass is 10.1. The van der Waals surface area contributed by atoms with Crippen LogP contribution in [0.25, 0.3) is 21.3 Å². The minimum atomic E-state index is -0.986. The average molecular weight is 299 g/mol. The highest BCUT2D eigenvalue weighted by Crippen LogP contribution is 2.31. The fourth-order valence-electron chi connectivity index (χ4n) is 2.20. The fourth-order valence-corrected chi connectivity index (χ4v) is 3.10. The molecular formula is C16H13NO3S. The highest BCUT2D eigenvalue weighted by Gasteiger charge is 2.15. The van der Waals surface area contributed by atoms with Crippen molar-refractivity contribution in [1.82, 2.24) is 4.98 Å². The Balaban J connectivity index is 2.08. The zero-order valence-electron chi connectivity index (χ0n) is 11.6. The number of hydrogen-bond donors (Lipinski definition) is 1. The molecule has 0 amide bonds. The minimum absolute atomic E-state index is 0.129. The Bertz CT molecular complexity index is 839. The zero-order valence-corrected chi connectivity index (χ0v) is 12.4. The molecule has 1 aromatic heterocycles. The van der Waals surface area contributed by atoms with Gasteiger partial charge in [-0.2, -0.15) is 0 Å². The van der Waals surface area contributed by atoms with Crippen LogP contribution in [0.5, 0.6) is 5.75 Å². The molecule has 106 valence electrons. The third-order valence-corrected chi connectivity index (χ3v) is 4.31. The molecule has 0 aliphatic heterocycles. The lowest BCUT2D eigenvalue weighted by molar-refractivity contribution is 0.0690. The number of aryl methyl sites for hydroxylation is 1. The second-order valence-corrected chi connectivity index (χ2v) is 5.86. The van der Waals surface area contributed by atoms with Gasteiger partial charge in [-0.05, 0) is 35.9 Å². The molecule has 0 saturated carbocycles. The third-order valence-electron chi connectivity index (χ3n) is 3.29. The first-order valence-corrected chi connectivity index (χ1v) is 7.19. The predicted octanol–water partition coefficient (Wildman–Crippen LogP) is 3.98. The van der Waals surface area contributed by atoms with Crippen LogP contribution in [0, 0.1) is 6.92 Å². The topological polar surface area (TPSA) is 59.4 Å². The van der Waals surface area contributed by atoms with E-state index < -0.39 is 5.97 Å². The van der Waals surface area contributed by atoms with Crippen molar-refractivity contribution in [3.63, 3.8) is 0 Å². The van der Waals surface area contributed by atoms with E-state index in [-0.39, 0.29) is 5.69 Å². The van der Waals surface area contributed by atoms with Gasteiger partial charge in [-0.3, -0.25) is 0 Å². The van der Waals surface area contributed by atoms with Gasteiger partial charge in [0.1, 0.15) is 10.8 Å². The number of methoxy groups -OCH3 is 1. The highest BCUT2D eigenvalue weighted by atomic mass is 32.1. The van der Waals surface area contributed by atoms with E-state index in [0.717, 1.165) is 27.1 Å². The standard InChI is InChI=1S/C16H13NO3S/c1-9-14(16(18)19)17-15(21-9)12-4-3-11-8-13(20-2)6-5-10(11)7-12/h3-8H,1-2H3,(H,18,19). The van der Waals surface area contributed by atoms with Gasteiger partial charge in [0, 0.05) is 10.4 Å². The second-order valence-electron chi connectivity index (χ2n) is 4.66. The van der Waals surface area contributed by atoms with Crippen molar-refractivity contribution in [2.45, 2.75) is 6.92 Å². The summed E-state index contributed by atoms with van der Waals surface area (Å²) in [6, 6.07) is 11.8. The van der Waals surface area contributed by atoms with E-state index >= 15 is 0 Å². The number of ether oxygens (including phenoxy) is 1. The van der Waals surface area contributed by atoms with E-state index in [0.29, 0.717) is 4.88 Å². The van der Waals surface area contributed by atoms with Crippen LogP contribution in [0.15, 0.2) is 36.4 Å². The van der Waals surface area contributed by atoms with E-state index in [1.807, 2.05) is 36.4 Å². The number of nitrogens with zero attached hydrogens (tertiary/aromatic N) is 1. The molecule has 2 aromatic carbocycles. The normalized spacial score (nSPS) is 10.8. The number of hydrogen-bond acceptors (Lipinski definition) is 4. The number of carboxylic acids is 1. The van der Waals surface area contributed by atoms with Crippen molar-refractivity contribution < 1.29 is 14.6 Å². The summed E-state index contributed by atoms with van der Waals surface area (Å²) in [6.45, 7) is 1.77. The molecule has 0 radical (unpaired) electrons. The summed E-state index contributed by atoms with van der Waals surface area (Å²) in [5, 5.41) is 12.0. The Labute approximate surface area is 125 Å². The molecule has 1 N–H and O–H groups in total. The van der Waals surface area contributed by atoms with Crippen LogP contribution < -0.4 is 4.74 Å². The van der Waals surface area contributed by atoms with E-state index in [4.69, 9.17) is 9.84 Å². The van der Waals surface area contributed by atoms with Gasteiger partial charge in [-0.25, -0.2) is 9.78 Å². The van der Waals surface area contributed by atoms with Gasteiger partial charge >= 0.3 is 5.97 Å². The number of carboxylic acid groups (broad SMARTS) is 1. The molecule has 0 spiro atoms. The molecule has 3 aromatic rings. The Morgan fingerprint density at radius 3 is 2.57 bits per heavy atom. The number of aromatic carboxylic acids is 1. The first-order valence-electron chi connectivity index (χ1n) is 6.37. The Hall–Kier alpha value is -2.40. The molecule has 0 aliphatic carbocycles. The molecule has 4 nitrogen and oxygen atoms in total. The maximum atomic E-state index is 11.1. The van der Waals surface area contributed by atoms with Gasteiger partial charge in [-0.15, -0.1) is 11.3 Å². The molecule has 1 heterocycles. The molecule has 0 saturated heterocycles. The van der Waals surface area contributed by atoms with Gasteiger partial charge in [0.15, 0.2) is 5.69 Å². The summed E-state index contributed by atoms with van der Waals surface area (Å²) in [4.78, 5) is 16.0. The number of benzene rings is 2. The first kappa shape index (κ1) is 13.6. The Morgan fingerprint density at radius 2 is 1.90 bits per heavy atom. The Morgan fingerprint density at radius 1 is 1.19 bits per heavy atom. The maximum Gasteiger partial charge on any atom is 0.355 e. The lowest BCUT2D eigenvalue weighted by Gasteiger charge is -2.04. The molecule has 5 heteroatoms. The van der Waals surface area contributed by atoms with Crippen LogP contribution in [0.2, 0.25) is 0 Å². The summed E-state index contributed by atoms with van der Waals surface area (Å²) in [7, 11) is 1.64. The predicted molar refractivity (Wildman–Crippen MR) is 83.3 cm³/mol. The van der Waals surface area contributed by atoms with Crippen LogP contribution in [0.1, 0.15) is 15.4 Å². The fraction of sp³-hybridized carbons (Fsp3) is 0.125. The van der Waals surface area contributed by atoms with Gasteiger partial charge < -0.3 is 9.84 Å². The summed E-state index contributed by atoms with van der Waals surface area (Å²) < 4.78 is 5.21. The lowest BCUT2D eigenvalue weighted by Crippen LogP contribution is -1.98. The van der Waals surface area contributed by atoms with Crippen molar-refractivity contribution in [3.8, 4) is 16.3 Å². The van der Waals surface area contributed by atoms with Crippen LogP contribution in [0.4, 0.5) is 0 Å². The molecule has 0 bridgehead atoms. The molecule has 0 unspecified atom stereocenters. The number of carbonyl (C=O) groups is 1. The molecule has 0 fully saturated rings. The van der Waals surface area contributed by atoms with Gasteiger partial charge in [0.05, 0.1) is 7.11 Å². The van der Waals surface area contributed by atoms with E-state index in [9.17, 15) is 4.79 Å². The van der Waals surface area contributed by atoms with Crippen molar-refractivity contribution in [1.29, 1.82) is 0 Å². The number of fused-ring (bicyclic) bond motifs is 1. The third kappa shape index (κ3) is 2.48. The van der Waals surface area contributed by atoms with Crippen LogP contribution in [-0.2, 0) is 0 Å². The van der Waals surface area contributed by atoms with Crippen molar-refractivity contribution in [2.75, 3.05) is 7.11 Å². The summed E-state index contributed by atoms with van der Waals surface area (Å²) in [6.07, 6.45) is 0. The van der Waals surface area contributed by atoms with Crippen molar-refractivity contribution >= 4 is 28.1 Å². The largest absolute Gasteiger partial charge is 0.497 e. The SMILES string of the molecule is COc1ccc2cc(-c3nc(C(=O)O)c(C)s3)ccc2c1. The molecular weight excluding hydrogens is 286 g/mol. The molecule has 21 heavy (non-hydrogen) atoms. The maximum absolute atomic E-state index is 11.1. The summed E-state index contributed by atoms with van der Waals surface area (Å²) in [5.41, 5.74) is 1.05. The molecule has 0 aliphatic rings. The highest BCUT2D eigenvalue weighted by molar-refractivity contribution is 7.15. The zero-order chi connectivity index (χ0) is 15.0. The smallest absolute Gasteiger partial charge is 0.355 e. The monoisotopic (exact) mass is 299 g/mol. The quantitative estimate of drug-likeness (QED) is 0.794. The van der Waals surface area contributed by atoms with Crippen LogP contribution in [0.3, 0.4) is 0 Å². The Kier molecular flexibility index (Phi) is 3.35. The molecule has 3 rings (SSSR count). The first-order chi connectivity index (χ1) is 10.1. The average Bonchev–Trinajstić information content (AvgIpc) is 2.88. The van der Waals surface area contributed by atoms with Crippen LogP contribution >= 0.6 is 11.3 Å². The van der Waals surface area contributed by atoms with Crippen LogP contribution in [-0.4, -0.2) is 23.2 Å². The van der Waals surface area contributed by atoms with Crippen molar-refractivity contribution in [2.24, 2.45) is 0 Å². The van der Waals surface area contributed by atoms with Crippen molar-refractivity contribution in [3.05, 3.63) is 47.0 Å². The van der Waals surface area contributed by atoms with E-state index in [1.165, 1.54) is 11.3 Å². The van der Waals surface area contributed by atoms with Gasteiger partial charge in [-0.1, -0.05) is 18.2 Å². The van der Waals surface area contributed by atoms with E-state index in [2.05, 4.69) is 4.98 Å². The minimum Gasteiger partial charge on any atom is -0.497 e. The summed E-state index contributed by atoms with van der Waals surface area (Å²) >= 11 is 1.40. The number of thiazole rings is 1. The second kappa shape index (κ2) is 5.18. The number of rotatable bonds is 3. The van der Waals surface area contributed by atoms with Gasteiger partial charge in [0.2, 0.25) is 0 Å². The molecule has 0 atom stereocenters. The number of aromatic nitrogens is 1. The van der Waals surface area contributed by atoms with E-state index in [1.54, 1.807) is 14.0 Å². The summed E-state index contributed by atoms with van der Waals surface area (Å²) in [5.74, 6) is -0.172.